The molecule has 0 radical (unpaired) electrons. The van der Waals surface area contributed by atoms with Crippen molar-refractivity contribution in [2.75, 3.05) is 13.1 Å². The molecule has 2 rings (SSSR count). The number of nitrogens with zero attached hydrogens (tertiary/aromatic N) is 3. The standard InChI is InChI=1S/C17H29N3O/c1-12(21)19-9-8-13(11-19)20-15(17(5,6)7)14(10-18-20)16(2,3)4/h10,13H,8-9,11H2,1-7H3. The number of aromatic nitrogens is 2. The van der Waals surface area contributed by atoms with Gasteiger partial charge in [-0.15, -0.1) is 0 Å². The summed E-state index contributed by atoms with van der Waals surface area (Å²) in [5.74, 6) is 0.165. The number of likely N-dealkylation sites (tertiary alicyclic amines) is 1. The average Bonchev–Trinajstić information content (AvgIpc) is 2.93. The molecule has 4 nitrogen and oxygen atoms in total. The summed E-state index contributed by atoms with van der Waals surface area (Å²) < 4.78 is 2.18. The lowest BCUT2D eigenvalue weighted by atomic mass is 9.79. The third-order valence-electron chi connectivity index (χ3n) is 4.27. The van der Waals surface area contributed by atoms with E-state index >= 15 is 0 Å². The van der Waals surface area contributed by atoms with Crippen molar-refractivity contribution in [3.63, 3.8) is 0 Å². The molecule has 118 valence electrons. The minimum Gasteiger partial charge on any atom is -0.341 e. The van der Waals surface area contributed by atoms with E-state index < -0.39 is 0 Å². The highest BCUT2D eigenvalue weighted by Gasteiger charge is 2.34. The fourth-order valence-corrected chi connectivity index (χ4v) is 3.16. The average molecular weight is 291 g/mol. The molecule has 0 aromatic carbocycles. The molecule has 1 aromatic heterocycles. The second kappa shape index (κ2) is 5.15. The van der Waals surface area contributed by atoms with E-state index in [9.17, 15) is 4.79 Å². The molecular formula is C17H29N3O. The van der Waals surface area contributed by atoms with Crippen molar-refractivity contribution in [2.45, 2.75) is 71.8 Å². The number of carbonyl (C=O) groups excluding carboxylic acids is 1. The molecule has 4 heteroatoms. The minimum atomic E-state index is 0.0444. The Morgan fingerprint density at radius 2 is 1.81 bits per heavy atom. The fourth-order valence-electron chi connectivity index (χ4n) is 3.16. The topological polar surface area (TPSA) is 38.1 Å². The molecule has 21 heavy (non-hydrogen) atoms. The maximum atomic E-state index is 11.6. The summed E-state index contributed by atoms with van der Waals surface area (Å²) in [6.07, 6.45) is 3.02. The normalized spacial score (nSPS) is 20.1. The lowest BCUT2D eigenvalue weighted by molar-refractivity contribution is -0.127. The highest BCUT2D eigenvalue weighted by atomic mass is 16.2. The zero-order chi connectivity index (χ0) is 16.0. The van der Waals surface area contributed by atoms with Crippen LogP contribution in [0.15, 0.2) is 6.20 Å². The van der Waals surface area contributed by atoms with Crippen LogP contribution < -0.4 is 0 Å². The van der Waals surface area contributed by atoms with Crippen LogP contribution in [-0.4, -0.2) is 33.7 Å². The Morgan fingerprint density at radius 3 is 2.24 bits per heavy atom. The third kappa shape index (κ3) is 3.14. The van der Waals surface area contributed by atoms with Crippen molar-refractivity contribution in [1.82, 2.24) is 14.7 Å². The first-order chi connectivity index (χ1) is 9.51. The van der Waals surface area contributed by atoms with E-state index in [1.807, 2.05) is 11.1 Å². The summed E-state index contributed by atoms with van der Waals surface area (Å²) in [6, 6.07) is 0.305. The SMILES string of the molecule is CC(=O)N1CCC(n2ncc(C(C)(C)C)c2C(C)(C)C)C1. The molecule has 1 atom stereocenters. The van der Waals surface area contributed by atoms with Crippen molar-refractivity contribution in [3.05, 3.63) is 17.5 Å². The lowest BCUT2D eigenvalue weighted by Crippen LogP contribution is -2.29. The molecular weight excluding hydrogens is 262 g/mol. The largest absolute Gasteiger partial charge is 0.341 e. The van der Waals surface area contributed by atoms with Crippen LogP contribution >= 0.6 is 0 Å². The quantitative estimate of drug-likeness (QED) is 0.796. The van der Waals surface area contributed by atoms with Crippen LogP contribution in [0.5, 0.6) is 0 Å². The van der Waals surface area contributed by atoms with Crippen molar-refractivity contribution in [2.24, 2.45) is 0 Å². The molecule has 0 spiro atoms. The Kier molecular flexibility index (Phi) is 3.94. The van der Waals surface area contributed by atoms with Gasteiger partial charge in [0.1, 0.15) is 0 Å². The molecule has 1 saturated heterocycles. The van der Waals surface area contributed by atoms with Gasteiger partial charge in [0.25, 0.3) is 0 Å². The molecule has 1 fully saturated rings. The van der Waals surface area contributed by atoms with Gasteiger partial charge in [0, 0.05) is 31.1 Å². The number of amides is 1. The summed E-state index contributed by atoms with van der Waals surface area (Å²) in [4.78, 5) is 13.5. The van der Waals surface area contributed by atoms with Crippen LogP contribution in [0.3, 0.4) is 0 Å². The molecule has 1 aliphatic rings. The van der Waals surface area contributed by atoms with Gasteiger partial charge in [-0.1, -0.05) is 41.5 Å². The van der Waals surface area contributed by atoms with Crippen LogP contribution in [0, 0.1) is 0 Å². The van der Waals surface area contributed by atoms with Crippen molar-refractivity contribution >= 4 is 5.91 Å². The molecule has 0 aliphatic carbocycles. The molecule has 2 heterocycles. The van der Waals surface area contributed by atoms with Crippen LogP contribution in [-0.2, 0) is 15.6 Å². The molecule has 0 N–H and O–H groups in total. The highest BCUT2D eigenvalue weighted by molar-refractivity contribution is 5.73. The predicted molar refractivity (Wildman–Crippen MR) is 85.5 cm³/mol. The second-order valence-electron chi connectivity index (χ2n) is 8.26. The predicted octanol–water partition coefficient (Wildman–Crippen LogP) is 3.27. The summed E-state index contributed by atoms with van der Waals surface area (Å²) in [6.45, 7) is 16.7. The van der Waals surface area contributed by atoms with Crippen molar-refractivity contribution < 1.29 is 4.79 Å². The molecule has 0 bridgehead atoms. The Morgan fingerprint density at radius 1 is 1.19 bits per heavy atom. The third-order valence-corrected chi connectivity index (χ3v) is 4.27. The summed E-state index contributed by atoms with van der Waals surface area (Å²) in [5, 5.41) is 4.70. The molecule has 1 aromatic rings. The Balaban J connectivity index is 2.42. The van der Waals surface area contributed by atoms with E-state index in [0.29, 0.717) is 6.04 Å². The van der Waals surface area contributed by atoms with Crippen LogP contribution in [0.25, 0.3) is 0 Å². The van der Waals surface area contributed by atoms with E-state index in [2.05, 4.69) is 46.2 Å². The van der Waals surface area contributed by atoms with Gasteiger partial charge in [-0.2, -0.15) is 5.10 Å². The van der Waals surface area contributed by atoms with Gasteiger partial charge < -0.3 is 4.90 Å². The Labute approximate surface area is 128 Å². The van der Waals surface area contributed by atoms with E-state index in [1.54, 1.807) is 6.92 Å². The maximum absolute atomic E-state index is 11.6. The fraction of sp³-hybridized carbons (Fsp3) is 0.765. The summed E-state index contributed by atoms with van der Waals surface area (Å²) in [7, 11) is 0. The van der Waals surface area contributed by atoms with E-state index in [1.165, 1.54) is 11.3 Å². The van der Waals surface area contributed by atoms with Crippen molar-refractivity contribution in [1.29, 1.82) is 0 Å². The Hall–Kier alpha value is -1.32. The monoisotopic (exact) mass is 291 g/mol. The first-order valence-corrected chi connectivity index (χ1v) is 7.86. The minimum absolute atomic E-state index is 0.0444. The summed E-state index contributed by atoms with van der Waals surface area (Å²) >= 11 is 0. The molecule has 1 amide bonds. The number of hydrogen-bond donors (Lipinski definition) is 0. The van der Waals surface area contributed by atoms with Gasteiger partial charge in [0.15, 0.2) is 0 Å². The van der Waals surface area contributed by atoms with Gasteiger partial charge in [-0.3, -0.25) is 9.48 Å². The number of hydrogen-bond acceptors (Lipinski definition) is 2. The number of rotatable bonds is 1. The van der Waals surface area contributed by atoms with Gasteiger partial charge in [0.05, 0.1) is 12.2 Å². The van der Waals surface area contributed by atoms with Crippen LogP contribution in [0.1, 0.15) is 72.2 Å². The van der Waals surface area contributed by atoms with E-state index in [-0.39, 0.29) is 16.7 Å². The first kappa shape index (κ1) is 16.1. The summed E-state index contributed by atoms with van der Waals surface area (Å²) in [5.41, 5.74) is 2.75. The molecule has 1 unspecified atom stereocenters. The first-order valence-electron chi connectivity index (χ1n) is 7.86. The maximum Gasteiger partial charge on any atom is 0.219 e. The zero-order valence-corrected chi connectivity index (χ0v) is 14.5. The van der Waals surface area contributed by atoms with Gasteiger partial charge >= 0.3 is 0 Å². The van der Waals surface area contributed by atoms with Crippen molar-refractivity contribution in [3.8, 4) is 0 Å². The van der Waals surface area contributed by atoms with E-state index in [0.717, 1.165) is 19.5 Å². The smallest absolute Gasteiger partial charge is 0.219 e. The Bertz CT molecular complexity index is 531. The highest BCUT2D eigenvalue weighted by Crippen LogP contribution is 2.36. The molecule has 1 aliphatic heterocycles. The van der Waals surface area contributed by atoms with Crippen LogP contribution in [0.4, 0.5) is 0 Å². The lowest BCUT2D eigenvalue weighted by Gasteiger charge is -2.29. The molecule has 0 saturated carbocycles. The van der Waals surface area contributed by atoms with Gasteiger partial charge in [0.2, 0.25) is 5.91 Å². The van der Waals surface area contributed by atoms with E-state index in [4.69, 9.17) is 5.10 Å². The number of carbonyl (C=O) groups is 1. The second-order valence-corrected chi connectivity index (χ2v) is 8.26. The van der Waals surface area contributed by atoms with Gasteiger partial charge in [-0.25, -0.2) is 0 Å². The van der Waals surface area contributed by atoms with Gasteiger partial charge in [-0.05, 0) is 17.4 Å². The van der Waals surface area contributed by atoms with Crippen LogP contribution in [0.2, 0.25) is 0 Å². The zero-order valence-electron chi connectivity index (χ0n) is 14.5.